The van der Waals surface area contributed by atoms with E-state index in [0.717, 1.165) is 25.7 Å². The lowest BCUT2D eigenvalue weighted by Crippen LogP contribution is -2.34. The van der Waals surface area contributed by atoms with Crippen molar-refractivity contribution < 1.29 is 0 Å². The molecule has 0 fully saturated rings. The van der Waals surface area contributed by atoms with E-state index in [1.54, 1.807) is 0 Å². The summed E-state index contributed by atoms with van der Waals surface area (Å²) in [7, 11) is 0. The largest absolute Gasteiger partial charge is 0.0940 e. The van der Waals surface area contributed by atoms with Crippen molar-refractivity contribution in [3.05, 3.63) is 74.0 Å². The van der Waals surface area contributed by atoms with Crippen LogP contribution in [-0.2, 0) is 6.42 Å². The van der Waals surface area contributed by atoms with Gasteiger partial charge in [0, 0.05) is 11.5 Å². The first kappa shape index (κ1) is 14.1. The topological polar surface area (TPSA) is 48.8 Å². The number of hydrogen-bond acceptors (Lipinski definition) is 1. The molecule has 1 atom stereocenters. The minimum absolute atomic E-state index is 0.501. The lowest BCUT2D eigenvalue weighted by molar-refractivity contribution is 0.585. The van der Waals surface area contributed by atoms with Gasteiger partial charge in [0.2, 0.25) is 0 Å². The van der Waals surface area contributed by atoms with E-state index in [2.05, 4.69) is 58.6 Å². The van der Waals surface area contributed by atoms with Crippen LogP contribution in [0.2, 0.25) is 0 Å². The molecule has 0 saturated carbocycles. The molecule has 3 nitrogen and oxygen atoms in total. The Balaban J connectivity index is 1.69. The molecule has 0 aromatic heterocycles. The van der Waals surface area contributed by atoms with E-state index >= 15 is 0 Å². The molecule has 0 spiro atoms. The molecule has 0 heterocycles. The van der Waals surface area contributed by atoms with Crippen molar-refractivity contribution in [3.63, 3.8) is 0 Å². The monoisotopic (exact) mass is 301 g/mol. The number of nitrogens with zero attached hydrogens (tertiary/aromatic N) is 3. The van der Waals surface area contributed by atoms with Gasteiger partial charge in [-0.25, -0.2) is 0 Å². The van der Waals surface area contributed by atoms with Gasteiger partial charge in [-0.15, -0.1) is 0 Å². The van der Waals surface area contributed by atoms with E-state index in [9.17, 15) is 0 Å². The van der Waals surface area contributed by atoms with Gasteiger partial charge in [-0.3, -0.25) is 0 Å². The number of azide groups is 1. The van der Waals surface area contributed by atoms with Gasteiger partial charge in [0.1, 0.15) is 0 Å². The zero-order valence-electron chi connectivity index (χ0n) is 13.1. The first-order chi connectivity index (χ1) is 11.4. The van der Waals surface area contributed by atoms with Crippen LogP contribution < -0.4 is 10.4 Å². The van der Waals surface area contributed by atoms with E-state index < -0.39 is 0 Å². The number of rotatable bonds is 3. The van der Waals surface area contributed by atoms with Crippen LogP contribution >= 0.6 is 0 Å². The predicted molar refractivity (Wildman–Crippen MR) is 94.9 cm³/mol. The summed E-state index contributed by atoms with van der Waals surface area (Å²) in [6.45, 7) is 0.587. The maximum Gasteiger partial charge on any atom is 0.0263 e. The number of benzene rings is 1. The van der Waals surface area contributed by atoms with Crippen LogP contribution in [0, 0.1) is 5.92 Å². The average Bonchev–Trinajstić information content (AvgIpc) is 2.61. The lowest BCUT2D eigenvalue weighted by Gasteiger charge is -2.25. The Labute approximate surface area is 135 Å². The van der Waals surface area contributed by atoms with E-state index in [-0.39, 0.29) is 0 Å². The summed E-state index contributed by atoms with van der Waals surface area (Å²) < 4.78 is 0. The van der Waals surface area contributed by atoms with Crippen molar-refractivity contribution in [1.29, 1.82) is 0 Å². The molecule has 114 valence electrons. The van der Waals surface area contributed by atoms with Crippen LogP contribution in [0.4, 0.5) is 0 Å². The maximum atomic E-state index is 8.41. The molecule has 0 radical (unpaired) electrons. The highest BCUT2D eigenvalue weighted by Gasteiger charge is 2.20. The molecular weight excluding hydrogens is 282 g/mol. The predicted octanol–water partition coefficient (Wildman–Crippen LogP) is 3.79. The summed E-state index contributed by atoms with van der Waals surface area (Å²) in [5.74, 6) is 0.501. The molecule has 23 heavy (non-hydrogen) atoms. The number of allylic oxidation sites excluding steroid dienone is 6. The molecule has 0 aliphatic heterocycles. The van der Waals surface area contributed by atoms with Gasteiger partial charge in [0.15, 0.2) is 0 Å². The molecule has 0 bridgehead atoms. The molecule has 1 aromatic carbocycles. The average molecular weight is 301 g/mol. The Kier molecular flexibility index (Phi) is 3.64. The third-order valence-corrected chi connectivity index (χ3v) is 5.04. The van der Waals surface area contributed by atoms with Crippen molar-refractivity contribution in [2.24, 2.45) is 11.0 Å². The highest BCUT2D eigenvalue weighted by molar-refractivity contribution is 5.82. The maximum absolute atomic E-state index is 8.41. The summed E-state index contributed by atoms with van der Waals surface area (Å²) in [5.41, 5.74) is 14.1. The molecule has 3 heteroatoms. The Morgan fingerprint density at radius 2 is 2.17 bits per heavy atom. The number of hydrogen-bond donors (Lipinski definition) is 0. The molecular formula is C20H19N3. The minimum Gasteiger partial charge on any atom is -0.0940 e. The third kappa shape index (κ3) is 2.54. The first-order valence-electron chi connectivity index (χ1n) is 8.27. The zero-order chi connectivity index (χ0) is 15.6. The summed E-state index contributed by atoms with van der Waals surface area (Å²) in [4.78, 5) is 2.85. The van der Waals surface area contributed by atoms with Crippen molar-refractivity contribution in [3.8, 4) is 0 Å². The number of fused-ring (bicyclic) bond motifs is 4. The fraction of sp³-hybridized carbons (Fsp3) is 0.300. The van der Waals surface area contributed by atoms with E-state index in [1.807, 2.05) is 0 Å². The second-order valence-electron chi connectivity index (χ2n) is 6.39. The quantitative estimate of drug-likeness (QED) is 0.463. The highest BCUT2D eigenvalue weighted by atomic mass is 15.1. The molecule has 0 amide bonds. The van der Waals surface area contributed by atoms with Gasteiger partial charge >= 0.3 is 0 Å². The van der Waals surface area contributed by atoms with Crippen molar-refractivity contribution >= 4 is 17.7 Å². The van der Waals surface area contributed by atoms with Crippen LogP contribution in [0.5, 0.6) is 0 Å². The Bertz CT molecular complexity index is 909. The second-order valence-corrected chi connectivity index (χ2v) is 6.39. The van der Waals surface area contributed by atoms with Gasteiger partial charge in [-0.2, -0.15) is 0 Å². The Morgan fingerprint density at radius 1 is 1.22 bits per heavy atom. The molecule has 3 aliphatic carbocycles. The second kappa shape index (κ2) is 5.94. The molecule has 0 saturated heterocycles. The van der Waals surface area contributed by atoms with Gasteiger partial charge < -0.3 is 0 Å². The molecule has 0 unspecified atom stereocenters. The van der Waals surface area contributed by atoms with E-state index in [0.29, 0.717) is 12.5 Å². The van der Waals surface area contributed by atoms with Crippen LogP contribution in [0.15, 0.2) is 47.1 Å². The standard InChI is InChI=1S/C20H19N3/c21-23-22-12-11-14-5-8-18-16(13-14)7-10-19-17-4-2-1-3-15(17)6-9-20(18)19/h1-2,4-6,8-10,14H,3,7,11-13H2/t14-/m0/s1. The van der Waals surface area contributed by atoms with E-state index in [1.165, 1.54) is 32.7 Å². The molecule has 0 N–H and O–H groups in total. The third-order valence-electron chi connectivity index (χ3n) is 5.04. The summed E-state index contributed by atoms with van der Waals surface area (Å²) in [6, 6.07) is 4.57. The van der Waals surface area contributed by atoms with Gasteiger partial charge in [0.05, 0.1) is 0 Å². The van der Waals surface area contributed by atoms with Crippen LogP contribution in [0.1, 0.15) is 30.4 Å². The normalized spacial score (nSPS) is 20.6. The van der Waals surface area contributed by atoms with Crippen molar-refractivity contribution in [2.45, 2.75) is 25.7 Å². The van der Waals surface area contributed by atoms with Crippen LogP contribution in [0.25, 0.3) is 28.2 Å². The van der Waals surface area contributed by atoms with Gasteiger partial charge in [0.25, 0.3) is 0 Å². The highest BCUT2D eigenvalue weighted by Crippen LogP contribution is 2.34. The summed E-state index contributed by atoms with van der Waals surface area (Å²) >= 11 is 0. The van der Waals surface area contributed by atoms with Crippen molar-refractivity contribution in [2.75, 3.05) is 6.54 Å². The lowest BCUT2D eigenvalue weighted by atomic mass is 9.80. The van der Waals surface area contributed by atoms with Gasteiger partial charge in [-0.1, -0.05) is 59.3 Å². The van der Waals surface area contributed by atoms with Crippen molar-refractivity contribution in [1.82, 2.24) is 0 Å². The van der Waals surface area contributed by atoms with Crippen LogP contribution in [-0.4, -0.2) is 6.54 Å². The zero-order valence-corrected chi connectivity index (χ0v) is 13.1. The summed E-state index contributed by atoms with van der Waals surface area (Å²) in [5, 5.41) is 6.47. The SMILES string of the molecule is [N-]=[N+]=NCC[C@@H]1C=CC2=C(CC=c3c2ccc2c3=CC=CC2)C1. The minimum atomic E-state index is 0.501. The van der Waals surface area contributed by atoms with Crippen LogP contribution in [0.3, 0.4) is 0 Å². The molecule has 3 aliphatic rings. The summed E-state index contributed by atoms with van der Waals surface area (Å²) in [6.07, 6.45) is 17.7. The van der Waals surface area contributed by atoms with Gasteiger partial charge in [-0.05, 0) is 64.3 Å². The van der Waals surface area contributed by atoms with E-state index in [4.69, 9.17) is 5.53 Å². The fourth-order valence-corrected chi connectivity index (χ4v) is 3.88. The first-order valence-corrected chi connectivity index (χ1v) is 8.27. The Hall–Kier alpha value is -2.51. The molecule has 4 rings (SSSR count). The molecule has 1 aromatic rings. The fourth-order valence-electron chi connectivity index (χ4n) is 3.88. The smallest absolute Gasteiger partial charge is 0.0263 e. The Morgan fingerprint density at radius 3 is 3.09 bits per heavy atom.